The van der Waals surface area contributed by atoms with Crippen LogP contribution in [0.2, 0.25) is 5.02 Å². The molecule has 0 aliphatic heterocycles. The van der Waals surface area contributed by atoms with Crippen molar-refractivity contribution in [1.29, 1.82) is 0 Å². The van der Waals surface area contributed by atoms with E-state index in [1.165, 1.54) is 10.4 Å². The van der Waals surface area contributed by atoms with Crippen LogP contribution in [-0.4, -0.2) is 9.78 Å². The number of hydrogen-bond donors (Lipinski definition) is 2. The molecule has 2 heterocycles. The number of nitrogens with one attached hydrogen (secondary N) is 1. The molecule has 1 unspecified atom stereocenters. The third kappa shape index (κ3) is 2.91. The zero-order chi connectivity index (χ0) is 14.7. The highest BCUT2D eigenvalue weighted by Gasteiger charge is 2.21. The molecule has 0 radical (unpaired) electrons. The summed E-state index contributed by atoms with van der Waals surface area (Å²) >= 11 is 8.18. The van der Waals surface area contributed by atoms with Gasteiger partial charge in [0.2, 0.25) is 0 Å². The summed E-state index contributed by atoms with van der Waals surface area (Å²) in [6.07, 6.45) is 1.59. The highest BCUT2D eigenvalue weighted by atomic mass is 35.5. The van der Waals surface area contributed by atoms with Crippen LogP contribution in [-0.2, 0) is 19.4 Å². The van der Waals surface area contributed by atoms with Crippen LogP contribution < -0.4 is 11.3 Å². The fourth-order valence-electron chi connectivity index (χ4n) is 2.37. The van der Waals surface area contributed by atoms with Gasteiger partial charge in [-0.3, -0.25) is 16.0 Å². The second kappa shape index (κ2) is 6.72. The van der Waals surface area contributed by atoms with Gasteiger partial charge in [-0.25, -0.2) is 0 Å². The first-order valence-corrected chi connectivity index (χ1v) is 8.12. The monoisotopic (exact) mass is 312 g/mol. The minimum Gasteiger partial charge on any atom is -0.271 e. The summed E-state index contributed by atoms with van der Waals surface area (Å²) in [6, 6.07) is 2.18. The van der Waals surface area contributed by atoms with E-state index in [0.717, 1.165) is 35.8 Å². The topological polar surface area (TPSA) is 55.9 Å². The third-order valence-electron chi connectivity index (χ3n) is 3.51. The summed E-state index contributed by atoms with van der Waals surface area (Å²) in [5.74, 6) is 5.75. The lowest BCUT2D eigenvalue weighted by Gasteiger charge is -2.16. The van der Waals surface area contributed by atoms with Gasteiger partial charge < -0.3 is 0 Å². The van der Waals surface area contributed by atoms with Crippen molar-refractivity contribution in [2.45, 2.75) is 46.2 Å². The van der Waals surface area contributed by atoms with Crippen LogP contribution in [0.25, 0.3) is 0 Å². The van der Waals surface area contributed by atoms with E-state index in [4.69, 9.17) is 17.4 Å². The Labute approximate surface area is 128 Å². The molecule has 0 saturated carbocycles. The van der Waals surface area contributed by atoms with Crippen LogP contribution in [0.1, 0.15) is 41.7 Å². The Balaban J connectivity index is 2.32. The summed E-state index contributed by atoms with van der Waals surface area (Å²) in [5, 5.41) is 7.43. The van der Waals surface area contributed by atoms with Crippen molar-refractivity contribution < 1.29 is 0 Å². The van der Waals surface area contributed by atoms with Gasteiger partial charge in [-0.2, -0.15) is 5.10 Å². The first-order chi connectivity index (χ1) is 9.62. The molecule has 4 nitrogen and oxygen atoms in total. The molecule has 0 fully saturated rings. The third-order valence-corrected chi connectivity index (χ3v) is 5.08. The summed E-state index contributed by atoms with van der Waals surface area (Å²) in [7, 11) is 0. The van der Waals surface area contributed by atoms with Crippen LogP contribution in [0.3, 0.4) is 0 Å². The first kappa shape index (κ1) is 15.5. The maximum atomic E-state index is 6.46. The second-order valence-electron chi connectivity index (χ2n) is 4.77. The molecule has 0 aliphatic carbocycles. The smallest absolute Gasteiger partial charge is 0.0850 e. The van der Waals surface area contributed by atoms with Gasteiger partial charge in [0.1, 0.15) is 0 Å². The molecule has 0 aromatic carbocycles. The van der Waals surface area contributed by atoms with Gasteiger partial charge in [-0.1, -0.05) is 18.5 Å². The fourth-order valence-corrected chi connectivity index (χ4v) is 3.71. The lowest BCUT2D eigenvalue weighted by Crippen LogP contribution is -2.30. The Bertz CT molecular complexity index is 576. The lowest BCUT2D eigenvalue weighted by atomic mass is 10.1. The number of aromatic nitrogens is 2. The average Bonchev–Trinajstić information content (AvgIpc) is 3.00. The quantitative estimate of drug-likeness (QED) is 0.636. The number of aryl methyl sites for hydroxylation is 3. The minimum absolute atomic E-state index is 0.0687. The number of nitrogens with zero attached hydrogens (tertiary/aromatic N) is 2. The predicted octanol–water partition coefficient (Wildman–Crippen LogP) is 3.24. The van der Waals surface area contributed by atoms with E-state index in [0.29, 0.717) is 0 Å². The van der Waals surface area contributed by atoms with Crippen LogP contribution in [0.5, 0.6) is 0 Å². The number of nitrogens with two attached hydrogens (primary N) is 1. The predicted molar refractivity (Wildman–Crippen MR) is 85.1 cm³/mol. The highest BCUT2D eigenvalue weighted by molar-refractivity contribution is 7.10. The van der Waals surface area contributed by atoms with E-state index in [-0.39, 0.29) is 6.04 Å². The zero-order valence-corrected chi connectivity index (χ0v) is 13.7. The van der Waals surface area contributed by atoms with Crippen LogP contribution >= 0.6 is 22.9 Å². The van der Waals surface area contributed by atoms with Crippen molar-refractivity contribution in [2.75, 3.05) is 0 Å². The largest absolute Gasteiger partial charge is 0.271 e. The number of rotatable bonds is 6. The normalized spacial score (nSPS) is 12.8. The molecule has 2 rings (SSSR count). The van der Waals surface area contributed by atoms with Crippen LogP contribution in [0, 0.1) is 6.92 Å². The Morgan fingerprint density at radius 1 is 1.50 bits per heavy atom. The molecule has 20 heavy (non-hydrogen) atoms. The fraction of sp³-hybridized carbons (Fsp3) is 0.500. The lowest BCUT2D eigenvalue weighted by molar-refractivity contribution is 0.521. The van der Waals surface area contributed by atoms with E-state index < -0.39 is 0 Å². The minimum atomic E-state index is 0.0687. The number of hydrazine groups is 1. The van der Waals surface area contributed by atoms with Crippen molar-refractivity contribution in [2.24, 2.45) is 5.84 Å². The van der Waals surface area contributed by atoms with Crippen molar-refractivity contribution in [3.05, 3.63) is 38.3 Å². The summed E-state index contributed by atoms with van der Waals surface area (Å²) < 4.78 is 1.98. The Hall–Kier alpha value is -0.880. The summed E-state index contributed by atoms with van der Waals surface area (Å²) in [6.45, 7) is 7.07. The molecule has 0 amide bonds. The van der Waals surface area contributed by atoms with Gasteiger partial charge in [0.05, 0.1) is 22.5 Å². The molecule has 2 aromatic heterocycles. The Morgan fingerprint density at radius 2 is 2.25 bits per heavy atom. The van der Waals surface area contributed by atoms with Gasteiger partial charge in [0.25, 0.3) is 0 Å². The van der Waals surface area contributed by atoms with Gasteiger partial charge in [0, 0.05) is 17.8 Å². The van der Waals surface area contributed by atoms with Crippen molar-refractivity contribution in [3.63, 3.8) is 0 Å². The SMILES string of the molecule is CCc1nn(CC)c(CC(NN)c2sccc2C)c1Cl. The van der Waals surface area contributed by atoms with Gasteiger partial charge in [-0.05, 0) is 37.3 Å². The van der Waals surface area contributed by atoms with E-state index in [1.54, 1.807) is 11.3 Å². The van der Waals surface area contributed by atoms with E-state index in [1.807, 2.05) is 4.68 Å². The van der Waals surface area contributed by atoms with Gasteiger partial charge >= 0.3 is 0 Å². The van der Waals surface area contributed by atoms with Crippen molar-refractivity contribution >= 4 is 22.9 Å². The summed E-state index contributed by atoms with van der Waals surface area (Å²) in [4.78, 5) is 1.26. The van der Waals surface area contributed by atoms with Gasteiger partial charge in [0.15, 0.2) is 0 Å². The zero-order valence-electron chi connectivity index (χ0n) is 12.1. The first-order valence-electron chi connectivity index (χ1n) is 6.86. The molecule has 3 N–H and O–H groups in total. The molecule has 0 aliphatic rings. The average molecular weight is 313 g/mol. The van der Waals surface area contributed by atoms with E-state index >= 15 is 0 Å². The number of hydrogen-bond acceptors (Lipinski definition) is 4. The number of halogens is 1. The number of thiophene rings is 1. The molecular formula is C14H21ClN4S. The van der Waals surface area contributed by atoms with E-state index in [2.05, 4.69) is 42.7 Å². The highest BCUT2D eigenvalue weighted by Crippen LogP contribution is 2.30. The van der Waals surface area contributed by atoms with Gasteiger partial charge in [-0.15, -0.1) is 11.3 Å². The van der Waals surface area contributed by atoms with Crippen molar-refractivity contribution in [3.8, 4) is 0 Å². The second-order valence-corrected chi connectivity index (χ2v) is 6.09. The Morgan fingerprint density at radius 3 is 2.75 bits per heavy atom. The molecule has 6 heteroatoms. The van der Waals surface area contributed by atoms with Crippen LogP contribution in [0.15, 0.2) is 11.4 Å². The maximum absolute atomic E-state index is 6.46. The standard InChI is InChI=1S/C14H21ClN4S/c1-4-10-13(15)12(19(5-2)18-10)8-11(17-16)14-9(3)6-7-20-14/h6-7,11,17H,4-5,8,16H2,1-3H3. The van der Waals surface area contributed by atoms with Crippen molar-refractivity contribution in [1.82, 2.24) is 15.2 Å². The molecule has 0 saturated heterocycles. The van der Waals surface area contributed by atoms with E-state index in [9.17, 15) is 0 Å². The van der Waals surface area contributed by atoms with Crippen LogP contribution in [0.4, 0.5) is 0 Å². The molecule has 110 valence electrons. The molecule has 0 bridgehead atoms. The Kier molecular flexibility index (Phi) is 5.21. The maximum Gasteiger partial charge on any atom is 0.0850 e. The molecule has 0 spiro atoms. The molecular weight excluding hydrogens is 292 g/mol. The molecule has 1 atom stereocenters. The molecule has 2 aromatic rings. The summed E-state index contributed by atoms with van der Waals surface area (Å²) in [5.41, 5.74) is 6.18.